The van der Waals surface area contributed by atoms with Crippen LogP contribution in [-0.2, 0) is 0 Å². The summed E-state index contributed by atoms with van der Waals surface area (Å²) in [7, 11) is 0. The fourth-order valence-corrected chi connectivity index (χ4v) is 1.19. The zero-order valence-electron chi connectivity index (χ0n) is 8.86. The highest BCUT2D eigenvalue weighted by atomic mass is 32.2. The molecular weight excluding hydrogens is 196 g/mol. The van der Waals surface area contributed by atoms with Crippen molar-refractivity contribution in [2.45, 2.75) is 19.8 Å². The van der Waals surface area contributed by atoms with Crippen LogP contribution in [0, 0.1) is 0 Å². The summed E-state index contributed by atoms with van der Waals surface area (Å²) in [5.74, 6) is 2.98. The molecule has 78 valence electrons. The molecule has 1 aromatic rings. The van der Waals surface area contributed by atoms with Gasteiger partial charge in [-0.15, -0.1) is 0 Å². The van der Waals surface area contributed by atoms with E-state index in [1.807, 2.05) is 0 Å². The first-order chi connectivity index (χ1) is 6.74. The Kier molecular flexibility index (Phi) is 4.73. The average Bonchev–Trinajstić information content (AvgIpc) is 2.19. The van der Waals surface area contributed by atoms with Crippen LogP contribution in [0.4, 0.5) is 0 Å². The number of aromatic nitrogens is 2. The lowest BCUT2D eigenvalue weighted by molar-refractivity contribution is 0.340. The van der Waals surface area contributed by atoms with Crippen LogP contribution in [0.15, 0.2) is 12.4 Å². The van der Waals surface area contributed by atoms with Gasteiger partial charge in [-0.1, -0.05) is 13.8 Å². The molecule has 1 heterocycles. The van der Waals surface area contributed by atoms with Crippen molar-refractivity contribution in [2.24, 2.45) is 0 Å². The summed E-state index contributed by atoms with van der Waals surface area (Å²) in [5, 5.41) is 0. The first-order valence-electron chi connectivity index (χ1n) is 4.67. The van der Waals surface area contributed by atoms with E-state index in [4.69, 9.17) is 4.74 Å². The van der Waals surface area contributed by atoms with Gasteiger partial charge in [0.25, 0.3) is 0 Å². The molecule has 0 saturated heterocycles. The van der Waals surface area contributed by atoms with E-state index in [1.165, 1.54) is 0 Å². The molecule has 0 atom stereocenters. The molecule has 3 nitrogen and oxygen atoms in total. The fraction of sp³-hybridized carbons (Fsp3) is 0.600. The number of hydrogen-bond acceptors (Lipinski definition) is 4. The minimum atomic E-state index is 0.371. The monoisotopic (exact) mass is 212 g/mol. The van der Waals surface area contributed by atoms with Crippen LogP contribution in [0.25, 0.3) is 0 Å². The van der Waals surface area contributed by atoms with Gasteiger partial charge in [0.2, 0.25) is 0 Å². The van der Waals surface area contributed by atoms with Crippen molar-refractivity contribution >= 4 is 11.8 Å². The summed E-state index contributed by atoms with van der Waals surface area (Å²) < 4.78 is 5.44. The van der Waals surface area contributed by atoms with Gasteiger partial charge in [0.15, 0.2) is 5.75 Å². The van der Waals surface area contributed by atoms with Crippen LogP contribution in [0.1, 0.15) is 25.6 Å². The third kappa shape index (κ3) is 3.54. The van der Waals surface area contributed by atoms with Crippen LogP contribution in [0.2, 0.25) is 0 Å². The van der Waals surface area contributed by atoms with Crippen LogP contribution in [0.5, 0.6) is 5.75 Å². The molecule has 0 amide bonds. The topological polar surface area (TPSA) is 35.0 Å². The van der Waals surface area contributed by atoms with Gasteiger partial charge in [0.05, 0.1) is 19.0 Å². The Morgan fingerprint density at radius 3 is 2.50 bits per heavy atom. The molecular formula is C10H16N2OS. The molecule has 0 spiro atoms. The van der Waals surface area contributed by atoms with E-state index >= 15 is 0 Å². The maximum Gasteiger partial charge on any atom is 0.155 e. The van der Waals surface area contributed by atoms with Gasteiger partial charge in [0.1, 0.15) is 5.82 Å². The van der Waals surface area contributed by atoms with Gasteiger partial charge in [-0.05, 0) is 6.26 Å². The van der Waals surface area contributed by atoms with Crippen molar-refractivity contribution < 1.29 is 4.74 Å². The van der Waals surface area contributed by atoms with Crippen LogP contribution >= 0.6 is 11.8 Å². The molecule has 1 aromatic heterocycles. The third-order valence-corrected chi connectivity index (χ3v) is 2.30. The predicted octanol–water partition coefficient (Wildman–Crippen LogP) is 2.34. The van der Waals surface area contributed by atoms with Crippen molar-refractivity contribution in [3.05, 3.63) is 18.2 Å². The zero-order valence-corrected chi connectivity index (χ0v) is 9.67. The quantitative estimate of drug-likeness (QED) is 0.702. The molecule has 0 aromatic carbocycles. The lowest BCUT2D eigenvalue weighted by Gasteiger charge is -2.06. The van der Waals surface area contributed by atoms with Crippen LogP contribution < -0.4 is 4.74 Å². The van der Waals surface area contributed by atoms with Gasteiger partial charge >= 0.3 is 0 Å². The van der Waals surface area contributed by atoms with Crippen molar-refractivity contribution in [2.75, 3.05) is 18.6 Å². The van der Waals surface area contributed by atoms with E-state index in [9.17, 15) is 0 Å². The molecule has 0 radical (unpaired) electrons. The average molecular weight is 212 g/mol. The van der Waals surface area contributed by atoms with Crippen molar-refractivity contribution in [3.63, 3.8) is 0 Å². The minimum Gasteiger partial charge on any atom is -0.489 e. The molecule has 0 aliphatic rings. The molecule has 0 fully saturated rings. The maximum absolute atomic E-state index is 5.44. The van der Waals surface area contributed by atoms with E-state index in [0.717, 1.165) is 17.3 Å². The highest BCUT2D eigenvalue weighted by Crippen LogP contribution is 2.12. The Bertz CT molecular complexity index is 261. The van der Waals surface area contributed by atoms with Gasteiger partial charge in [0, 0.05) is 11.7 Å². The highest BCUT2D eigenvalue weighted by molar-refractivity contribution is 7.98. The van der Waals surface area contributed by atoms with Crippen molar-refractivity contribution in [1.82, 2.24) is 9.97 Å². The van der Waals surface area contributed by atoms with E-state index in [-0.39, 0.29) is 0 Å². The Morgan fingerprint density at radius 1 is 1.36 bits per heavy atom. The third-order valence-electron chi connectivity index (χ3n) is 1.72. The number of rotatable bonds is 5. The van der Waals surface area contributed by atoms with E-state index in [1.54, 1.807) is 24.2 Å². The summed E-state index contributed by atoms with van der Waals surface area (Å²) in [6.45, 7) is 4.86. The Hall–Kier alpha value is -0.770. The summed E-state index contributed by atoms with van der Waals surface area (Å²) >= 11 is 1.76. The Morgan fingerprint density at radius 2 is 2.00 bits per heavy atom. The molecule has 0 aliphatic carbocycles. The van der Waals surface area contributed by atoms with Crippen molar-refractivity contribution in [3.8, 4) is 5.75 Å². The second-order valence-corrected chi connectivity index (χ2v) is 4.26. The second kappa shape index (κ2) is 5.86. The van der Waals surface area contributed by atoms with Gasteiger partial charge in [-0.25, -0.2) is 9.97 Å². The minimum absolute atomic E-state index is 0.371. The van der Waals surface area contributed by atoms with Gasteiger partial charge in [-0.3, -0.25) is 0 Å². The van der Waals surface area contributed by atoms with E-state index in [0.29, 0.717) is 12.5 Å². The molecule has 0 N–H and O–H groups in total. The Balaban J connectivity index is 2.47. The number of hydrogen-bond donors (Lipinski definition) is 0. The van der Waals surface area contributed by atoms with Gasteiger partial charge in [-0.2, -0.15) is 11.8 Å². The molecule has 0 unspecified atom stereocenters. The SMILES string of the molecule is CSCCOc1cnc(C(C)C)nc1. The normalized spacial score (nSPS) is 10.6. The fourth-order valence-electron chi connectivity index (χ4n) is 0.942. The number of thioether (sulfide) groups is 1. The van der Waals surface area contributed by atoms with Crippen LogP contribution in [-0.4, -0.2) is 28.6 Å². The standard InChI is InChI=1S/C10H16N2OS/c1-8(2)10-11-6-9(7-12-10)13-4-5-14-3/h6-8H,4-5H2,1-3H3. The molecule has 14 heavy (non-hydrogen) atoms. The summed E-state index contributed by atoms with van der Waals surface area (Å²) in [4.78, 5) is 8.43. The smallest absolute Gasteiger partial charge is 0.155 e. The summed E-state index contributed by atoms with van der Waals surface area (Å²) in [6.07, 6.45) is 5.53. The highest BCUT2D eigenvalue weighted by Gasteiger charge is 2.02. The summed E-state index contributed by atoms with van der Waals surface area (Å²) in [6, 6.07) is 0. The number of nitrogens with zero attached hydrogens (tertiary/aromatic N) is 2. The second-order valence-electron chi connectivity index (χ2n) is 3.27. The Labute approximate surface area is 89.3 Å². The first kappa shape index (κ1) is 11.3. The lowest BCUT2D eigenvalue weighted by atomic mass is 10.2. The molecule has 0 saturated carbocycles. The zero-order chi connectivity index (χ0) is 10.4. The largest absolute Gasteiger partial charge is 0.489 e. The summed E-state index contributed by atoms with van der Waals surface area (Å²) in [5.41, 5.74) is 0. The van der Waals surface area contributed by atoms with Gasteiger partial charge < -0.3 is 4.74 Å². The van der Waals surface area contributed by atoms with E-state index in [2.05, 4.69) is 30.1 Å². The number of ether oxygens (including phenoxy) is 1. The molecule has 0 bridgehead atoms. The maximum atomic E-state index is 5.44. The van der Waals surface area contributed by atoms with E-state index < -0.39 is 0 Å². The van der Waals surface area contributed by atoms with Crippen LogP contribution in [0.3, 0.4) is 0 Å². The first-order valence-corrected chi connectivity index (χ1v) is 6.07. The van der Waals surface area contributed by atoms with Crippen molar-refractivity contribution in [1.29, 1.82) is 0 Å². The predicted molar refractivity (Wildman–Crippen MR) is 60.0 cm³/mol. The molecule has 1 rings (SSSR count). The lowest BCUT2D eigenvalue weighted by Crippen LogP contribution is -2.02. The molecule has 4 heteroatoms. The molecule has 0 aliphatic heterocycles.